The number of imidazole rings is 1. The van der Waals surface area contributed by atoms with Crippen molar-refractivity contribution in [2.24, 2.45) is 11.8 Å². The van der Waals surface area contributed by atoms with Gasteiger partial charge < -0.3 is 14.2 Å². The lowest BCUT2D eigenvalue weighted by Crippen LogP contribution is -2.49. The summed E-state index contributed by atoms with van der Waals surface area (Å²) in [6, 6.07) is 10.6. The minimum Gasteiger partial charge on any atom is -0.496 e. The van der Waals surface area contributed by atoms with Crippen LogP contribution in [0.5, 0.6) is 5.75 Å². The van der Waals surface area contributed by atoms with Crippen LogP contribution in [0.25, 0.3) is 11.2 Å². The highest BCUT2D eigenvalue weighted by atomic mass is 16.5. The number of hydrogen-bond acceptors (Lipinski definition) is 4. The summed E-state index contributed by atoms with van der Waals surface area (Å²) in [7, 11) is 1.66. The number of ether oxygens (including phenoxy) is 1. The summed E-state index contributed by atoms with van der Waals surface area (Å²) < 4.78 is 7.85. The average molecular weight is 461 g/mol. The van der Waals surface area contributed by atoms with Crippen LogP contribution in [0.1, 0.15) is 74.7 Å². The Bertz CT molecular complexity index is 1140. The van der Waals surface area contributed by atoms with Crippen molar-refractivity contribution in [1.29, 1.82) is 0 Å². The lowest BCUT2D eigenvalue weighted by molar-refractivity contribution is 0.0426. The molecule has 3 aromatic rings. The number of nitrogens with zero attached hydrogens (tertiary/aromatic N) is 4. The van der Waals surface area contributed by atoms with Gasteiger partial charge in [-0.25, -0.2) is 9.97 Å². The molecule has 6 nitrogen and oxygen atoms in total. The van der Waals surface area contributed by atoms with Gasteiger partial charge >= 0.3 is 0 Å². The monoisotopic (exact) mass is 460 g/mol. The molecule has 1 aromatic carbocycles. The van der Waals surface area contributed by atoms with Gasteiger partial charge in [0.15, 0.2) is 5.65 Å². The zero-order valence-corrected chi connectivity index (χ0v) is 20.6. The first kappa shape index (κ1) is 22.9. The molecule has 34 heavy (non-hydrogen) atoms. The highest BCUT2D eigenvalue weighted by Crippen LogP contribution is 2.37. The molecule has 0 aliphatic heterocycles. The molecule has 2 aromatic heterocycles. The number of benzene rings is 1. The lowest BCUT2D eigenvalue weighted by atomic mass is 9.79. The predicted molar refractivity (Wildman–Crippen MR) is 134 cm³/mol. The number of aromatic nitrogens is 3. The maximum atomic E-state index is 14.0. The molecule has 2 heterocycles. The molecule has 2 fully saturated rings. The molecule has 180 valence electrons. The van der Waals surface area contributed by atoms with Crippen LogP contribution in [0.2, 0.25) is 0 Å². The highest BCUT2D eigenvalue weighted by molar-refractivity contribution is 5.97. The summed E-state index contributed by atoms with van der Waals surface area (Å²) >= 11 is 0. The summed E-state index contributed by atoms with van der Waals surface area (Å²) in [6.07, 6.45) is 11.7. The fourth-order valence-electron chi connectivity index (χ4n) is 6.31. The predicted octanol–water partition coefficient (Wildman–Crippen LogP) is 5.70. The van der Waals surface area contributed by atoms with Crippen LogP contribution in [0.3, 0.4) is 0 Å². The third-order valence-electron chi connectivity index (χ3n) is 7.74. The van der Waals surface area contributed by atoms with E-state index < -0.39 is 0 Å². The van der Waals surface area contributed by atoms with Gasteiger partial charge in [0.25, 0.3) is 5.91 Å². The summed E-state index contributed by atoms with van der Waals surface area (Å²) in [5.74, 6) is 2.12. The Morgan fingerprint density at radius 2 is 1.82 bits per heavy atom. The average Bonchev–Trinajstić information content (AvgIpc) is 3.49. The van der Waals surface area contributed by atoms with Crippen LogP contribution in [0, 0.1) is 11.8 Å². The SMILES string of the molecule is COc1cc(Cn2cnc3ncccc32)ccc1C(=O)N(C1CCCC1)C1CC(C)CC(C)C1. The molecule has 0 N–H and O–H groups in total. The van der Waals surface area contributed by atoms with E-state index in [1.165, 1.54) is 19.3 Å². The molecule has 0 spiro atoms. The molecule has 1 amide bonds. The topological polar surface area (TPSA) is 60.2 Å². The van der Waals surface area contributed by atoms with E-state index in [-0.39, 0.29) is 5.91 Å². The second kappa shape index (κ2) is 9.77. The second-order valence-corrected chi connectivity index (χ2v) is 10.5. The number of hydrogen-bond donors (Lipinski definition) is 0. The van der Waals surface area contributed by atoms with Crippen LogP contribution < -0.4 is 4.74 Å². The Morgan fingerprint density at radius 1 is 1.06 bits per heavy atom. The van der Waals surface area contributed by atoms with Crippen LogP contribution in [0.15, 0.2) is 42.9 Å². The van der Waals surface area contributed by atoms with E-state index in [0.717, 1.165) is 42.4 Å². The smallest absolute Gasteiger partial charge is 0.258 e. The van der Waals surface area contributed by atoms with Crippen LogP contribution in [-0.2, 0) is 6.54 Å². The highest BCUT2D eigenvalue weighted by Gasteiger charge is 2.37. The Hall–Kier alpha value is -2.89. The molecular weight excluding hydrogens is 424 g/mol. The molecule has 0 radical (unpaired) electrons. The lowest BCUT2D eigenvalue weighted by Gasteiger charge is -2.42. The molecule has 0 bridgehead atoms. The number of carbonyl (C=O) groups excluding carboxylic acids is 1. The van der Waals surface area contributed by atoms with Crippen molar-refractivity contribution in [3.8, 4) is 5.75 Å². The third kappa shape index (κ3) is 4.55. The summed E-state index contributed by atoms with van der Waals surface area (Å²) in [5.41, 5.74) is 3.49. The van der Waals surface area contributed by atoms with Gasteiger partial charge in [0.1, 0.15) is 5.75 Å². The minimum atomic E-state index is 0.138. The van der Waals surface area contributed by atoms with E-state index in [4.69, 9.17) is 4.74 Å². The van der Waals surface area contributed by atoms with Crippen molar-refractivity contribution >= 4 is 17.1 Å². The van der Waals surface area contributed by atoms with Gasteiger partial charge in [0, 0.05) is 24.8 Å². The standard InChI is InChI=1S/C28H36N4O2/c1-19-13-20(2)15-23(14-19)32(22-7-4-5-8-22)28(33)24-11-10-21(16-26(24)34-3)17-31-18-30-27-25(31)9-6-12-29-27/h6,9-12,16,18-20,22-23H,4-5,7-8,13-15,17H2,1-3H3. The maximum absolute atomic E-state index is 14.0. The van der Waals surface area contributed by atoms with Crippen molar-refractivity contribution < 1.29 is 9.53 Å². The minimum absolute atomic E-state index is 0.138. The number of rotatable bonds is 6. The van der Waals surface area contributed by atoms with Crippen molar-refractivity contribution in [1.82, 2.24) is 19.4 Å². The number of amides is 1. The number of carbonyl (C=O) groups is 1. The largest absolute Gasteiger partial charge is 0.496 e. The summed E-state index contributed by atoms with van der Waals surface area (Å²) in [5, 5.41) is 0. The summed E-state index contributed by atoms with van der Waals surface area (Å²) in [4.78, 5) is 25.0. The molecule has 2 saturated carbocycles. The van der Waals surface area contributed by atoms with Gasteiger partial charge in [-0.15, -0.1) is 0 Å². The van der Waals surface area contributed by atoms with Crippen molar-refractivity contribution in [2.75, 3.05) is 7.11 Å². The Balaban J connectivity index is 1.43. The Labute approximate surface area is 202 Å². The van der Waals surface area contributed by atoms with Gasteiger partial charge in [-0.05, 0) is 73.8 Å². The van der Waals surface area contributed by atoms with Gasteiger partial charge in [0.05, 0.1) is 24.5 Å². The molecule has 2 unspecified atom stereocenters. The molecule has 2 atom stereocenters. The van der Waals surface area contributed by atoms with Crippen molar-refractivity contribution in [3.05, 3.63) is 54.0 Å². The van der Waals surface area contributed by atoms with E-state index in [9.17, 15) is 4.79 Å². The molecule has 0 saturated heterocycles. The molecule has 2 aliphatic rings. The van der Waals surface area contributed by atoms with Crippen LogP contribution >= 0.6 is 0 Å². The number of fused-ring (bicyclic) bond motifs is 1. The van der Waals surface area contributed by atoms with Gasteiger partial charge in [-0.1, -0.05) is 32.8 Å². The second-order valence-electron chi connectivity index (χ2n) is 10.5. The van der Waals surface area contributed by atoms with Crippen LogP contribution in [0.4, 0.5) is 0 Å². The van der Waals surface area contributed by atoms with E-state index in [0.29, 0.717) is 41.8 Å². The quantitative estimate of drug-likeness (QED) is 0.474. The summed E-state index contributed by atoms with van der Waals surface area (Å²) in [6.45, 7) is 5.33. The normalized spacial score (nSPS) is 23.3. The van der Waals surface area contributed by atoms with Crippen LogP contribution in [-0.4, -0.2) is 44.5 Å². The molecule has 6 heteroatoms. The fraction of sp³-hybridized carbons (Fsp3) is 0.536. The van der Waals surface area contributed by atoms with Gasteiger partial charge in [-0.3, -0.25) is 4.79 Å². The van der Waals surface area contributed by atoms with E-state index in [1.54, 1.807) is 13.3 Å². The van der Waals surface area contributed by atoms with Crippen molar-refractivity contribution in [2.45, 2.75) is 77.4 Å². The van der Waals surface area contributed by atoms with Crippen molar-refractivity contribution in [3.63, 3.8) is 0 Å². The first-order chi connectivity index (χ1) is 16.5. The fourth-order valence-corrected chi connectivity index (χ4v) is 6.31. The maximum Gasteiger partial charge on any atom is 0.258 e. The Morgan fingerprint density at radius 3 is 2.56 bits per heavy atom. The number of pyridine rings is 1. The Kier molecular flexibility index (Phi) is 6.57. The van der Waals surface area contributed by atoms with E-state index in [2.05, 4.69) is 39.3 Å². The first-order valence-corrected chi connectivity index (χ1v) is 12.8. The number of methoxy groups -OCH3 is 1. The first-order valence-electron chi connectivity index (χ1n) is 12.8. The van der Waals surface area contributed by atoms with Gasteiger partial charge in [0.2, 0.25) is 0 Å². The molecular formula is C28H36N4O2. The van der Waals surface area contributed by atoms with E-state index >= 15 is 0 Å². The van der Waals surface area contributed by atoms with E-state index in [1.807, 2.05) is 30.6 Å². The van der Waals surface area contributed by atoms with Gasteiger partial charge in [-0.2, -0.15) is 0 Å². The molecule has 2 aliphatic carbocycles. The zero-order chi connectivity index (χ0) is 23.7. The zero-order valence-electron chi connectivity index (χ0n) is 20.6. The molecule has 5 rings (SSSR count). The third-order valence-corrected chi connectivity index (χ3v) is 7.74.